The van der Waals surface area contributed by atoms with Crippen LogP contribution in [0.15, 0.2) is 35.3 Å². The molecule has 0 saturated heterocycles. The number of carbonyl (C=O) groups excluding carboxylic acids is 1. The quantitative estimate of drug-likeness (QED) is 0.418. The number of halogens is 1. The summed E-state index contributed by atoms with van der Waals surface area (Å²) in [4.78, 5) is 22.3. The van der Waals surface area contributed by atoms with E-state index in [-0.39, 0.29) is 36.4 Å². The Morgan fingerprint density at radius 3 is 2.05 bits per heavy atom. The van der Waals surface area contributed by atoms with E-state index in [1.807, 2.05) is 80.1 Å². The predicted molar refractivity (Wildman–Crippen MR) is 103 cm³/mol. The van der Waals surface area contributed by atoms with E-state index in [0.717, 1.165) is 11.5 Å². The lowest BCUT2D eigenvalue weighted by molar-refractivity contribution is -0.130. The average Bonchev–Trinajstić information content (AvgIpc) is 2.45. The van der Waals surface area contributed by atoms with E-state index in [4.69, 9.17) is 0 Å². The summed E-state index contributed by atoms with van der Waals surface area (Å²) in [6.07, 6.45) is 0. The summed E-state index contributed by atoms with van der Waals surface area (Å²) in [5, 5.41) is 0. The van der Waals surface area contributed by atoms with Gasteiger partial charge in [-0.1, -0.05) is 30.3 Å². The fraction of sp³-hybridized carbons (Fsp3) is 0.500. The number of carbonyl (C=O) groups is 1. The Labute approximate surface area is 151 Å². The molecule has 124 valence electrons. The molecule has 22 heavy (non-hydrogen) atoms. The molecule has 0 aliphatic rings. The maximum Gasteiger partial charge on any atom is 0.244 e. The lowest BCUT2D eigenvalue weighted by atomic mass is 10.2. The highest BCUT2D eigenvalue weighted by Gasteiger charge is 2.13. The van der Waals surface area contributed by atoms with Gasteiger partial charge in [-0.05, 0) is 12.5 Å². The third kappa shape index (κ3) is 6.64. The monoisotopic (exact) mass is 418 g/mol. The van der Waals surface area contributed by atoms with Crippen LogP contribution in [0.4, 0.5) is 0 Å². The van der Waals surface area contributed by atoms with Crippen LogP contribution in [0.1, 0.15) is 12.5 Å². The van der Waals surface area contributed by atoms with Gasteiger partial charge in [-0.2, -0.15) is 0 Å². The van der Waals surface area contributed by atoms with Gasteiger partial charge in [0.2, 0.25) is 5.91 Å². The fourth-order valence-electron chi connectivity index (χ4n) is 2.10. The molecule has 0 N–H and O–H groups in total. The Hall–Kier alpha value is -1.31. The smallest absolute Gasteiger partial charge is 0.244 e. The molecule has 0 aliphatic heterocycles. The Kier molecular flexibility index (Phi) is 9.80. The van der Waals surface area contributed by atoms with Crippen LogP contribution in [0.2, 0.25) is 0 Å². The van der Waals surface area contributed by atoms with Gasteiger partial charge in [0.25, 0.3) is 0 Å². The van der Waals surface area contributed by atoms with Crippen molar-refractivity contribution in [1.29, 1.82) is 0 Å². The van der Waals surface area contributed by atoms with Crippen molar-refractivity contribution in [2.24, 2.45) is 4.99 Å². The lowest BCUT2D eigenvalue weighted by Gasteiger charge is -2.24. The number of nitrogens with zero attached hydrogens (tertiary/aromatic N) is 4. The predicted octanol–water partition coefficient (Wildman–Crippen LogP) is 2.13. The largest absolute Gasteiger partial charge is 0.349 e. The minimum Gasteiger partial charge on any atom is -0.349 e. The second kappa shape index (κ2) is 10.4. The number of amides is 1. The number of guanidine groups is 1. The van der Waals surface area contributed by atoms with E-state index >= 15 is 0 Å². The normalized spacial score (nSPS) is 9.50. The van der Waals surface area contributed by atoms with Crippen LogP contribution < -0.4 is 0 Å². The molecule has 1 rings (SSSR count). The number of likely N-dealkylation sites (N-methyl/N-ethyl adjacent to an activating group) is 1. The van der Waals surface area contributed by atoms with E-state index in [9.17, 15) is 4.79 Å². The number of hydrogen-bond donors (Lipinski definition) is 0. The number of hydrogen-bond acceptors (Lipinski definition) is 2. The standard InChI is InChI=1S/C16H26N4O.HI/c1-6-20(13-14-10-8-7-9-11-14)15(21)12-17-16(18(2)3)19(4)5;/h7-11H,6,12-13H2,1-5H3;1H. The SMILES string of the molecule is CCN(Cc1ccccc1)C(=O)CN=C(N(C)C)N(C)C.I. The van der Waals surface area contributed by atoms with Gasteiger partial charge in [-0.15, -0.1) is 24.0 Å². The van der Waals surface area contributed by atoms with Crippen LogP contribution in [-0.2, 0) is 11.3 Å². The zero-order valence-corrected chi connectivity index (χ0v) is 16.4. The van der Waals surface area contributed by atoms with Crippen molar-refractivity contribution in [2.75, 3.05) is 41.3 Å². The molecule has 0 unspecified atom stereocenters. The topological polar surface area (TPSA) is 39.2 Å². The van der Waals surface area contributed by atoms with Crippen LogP contribution in [0, 0.1) is 0 Å². The lowest BCUT2D eigenvalue weighted by Crippen LogP contribution is -2.37. The molecular formula is C16H27IN4O. The highest BCUT2D eigenvalue weighted by molar-refractivity contribution is 14.0. The maximum absolute atomic E-state index is 12.3. The van der Waals surface area contributed by atoms with Crippen molar-refractivity contribution < 1.29 is 4.79 Å². The number of aliphatic imine (C=N–C) groups is 1. The van der Waals surface area contributed by atoms with Crippen LogP contribution in [0.25, 0.3) is 0 Å². The molecule has 1 aromatic rings. The molecule has 0 radical (unpaired) electrons. The first kappa shape index (κ1) is 20.7. The summed E-state index contributed by atoms with van der Waals surface area (Å²) in [7, 11) is 7.69. The van der Waals surface area contributed by atoms with Gasteiger partial charge in [0.1, 0.15) is 6.54 Å². The summed E-state index contributed by atoms with van der Waals surface area (Å²) >= 11 is 0. The highest BCUT2D eigenvalue weighted by atomic mass is 127. The van der Waals surface area contributed by atoms with Crippen molar-refractivity contribution in [3.05, 3.63) is 35.9 Å². The molecule has 0 bridgehead atoms. The number of benzene rings is 1. The second-order valence-corrected chi connectivity index (χ2v) is 5.30. The second-order valence-electron chi connectivity index (χ2n) is 5.30. The van der Waals surface area contributed by atoms with Gasteiger partial charge < -0.3 is 14.7 Å². The van der Waals surface area contributed by atoms with Crippen molar-refractivity contribution in [3.8, 4) is 0 Å². The third-order valence-electron chi connectivity index (χ3n) is 3.11. The Morgan fingerprint density at radius 2 is 1.59 bits per heavy atom. The third-order valence-corrected chi connectivity index (χ3v) is 3.11. The van der Waals surface area contributed by atoms with Gasteiger partial charge in [0.05, 0.1) is 0 Å². The Morgan fingerprint density at radius 1 is 1.05 bits per heavy atom. The number of rotatable bonds is 5. The molecule has 5 nitrogen and oxygen atoms in total. The van der Waals surface area contributed by atoms with Crippen LogP contribution >= 0.6 is 24.0 Å². The van der Waals surface area contributed by atoms with E-state index in [1.165, 1.54) is 0 Å². The molecule has 0 spiro atoms. The van der Waals surface area contributed by atoms with Crippen LogP contribution in [-0.4, -0.2) is 67.8 Å². The van der Waals surface area contributed by atoms with E-state index in [2.05, 4.69) is 4.99 Å². The van der Waals surface area contributed by atoms with Gasteiger partial charge in [0.15, 0.2) is 5.96 Å². The van der Waals surface area contributed by atoms with Crippen molar-refractivity contribution in [1.82, 2.24) is 14.7 Å². The van der Waals surface area contributed by atoms with E-state index in [1.54, 1.807) is 0 Å². The van der Waals surface area contributed by atoms with Crippen molar-refractivity contribution in [2.45, 2.75) is 13.5 Å². The first-order valence-electron chi connectivity index (χ1n) is 7.16. The van der Waals surface area contributed by atoms with Crippen molar-refractivity contribution in [3.63, 3.8) is 0 Å². The van der Waals surface area contributed by atoms with E-state index < -0.39 is 0 Å². The minimum absolute atomic E-state index is 0. The molecular weight excluding hydrogens is 391 g/mol. The van der Waals surface area contributed by atoms with E-state index in [0.29, 0.717) is 13.1 Å². The minimum atomic E-state index is 0. The van der Waals surface area contributed by atoms with Crippen LogP contribution in [0.3, 0.4) is 0 Å². The van der Waals surface area contributed by atoms with Gasteiger partial charge in [0, 0.05) is 41.3 Å². The molecule has 0 aliphatic carbocycles. The molecule has 6 heteroatoms. The van der Waals surface area contributed by atoms with Crippen molar-refractivity contribution >= 4 is 35.8 Å². The molecule has 0 atom stereocenters. The first-order chi connectivity index (χ1) is 9.95. The summed E-state index contributed by atoms with van der Waals surface area (Å²) in [5.41, 5.74) is 1.14. The molecule has 0 fully saturated rings. The van der Waals surface area contributed by atoms with Gasteiger partial charge >= 0.3 is 0 Å². The molecule has 0 saturated carbocycles. The first-order valence-corrected chi connectivity index (χ1v) is 7.16. The van der Waals surface area contributed by atoms with Gasteiger partial charge in [-0.25, -0.2) is 4.99 Å². The molecule has 1 amide bonds. The van der Waals surface area contributed by atoms with Crippen LogP contribution in [0.5, 0.6) is 0 Å². The highest BCUT2D eigenvalue weighted by Crippen LogP contribution is 2.05. The summed E-state index contributed by atoms with van der Waals surface area (Å²) < 4.78 is 0. The van der Waals surface area contributed by atoms with Gasteiger partial charge in [-0.3, -0.25) is 4.79 Å². The summed E-state index contributed by atoms with van der Waals surface area (Å²) in [6, 6.07) is 10.0. The molecule has 0 heterocycles. The molecule has 1 aromatic carbocycles. The maximum atomic E-state index is 12.3. The zero-order chi connectivity index (χ0) is 15.8. The summed E-state index contributed by atoms with van der Waals surface area (Å²) in [6.45, 7) is 3.48. The molecule has 0 aromatic heterocycles. The Balaban J connectivity index is 0.00000441. The zero-order valence-electron chi connectivity index (χ0n) is 14.1. The fourth-order valence-corrected chi connectivity index (χ4v) is 2.10. The Bertz CT molecular complexity index is 464. The summed E-state index contributed by atoms with van der Waals surface area (Å²) in [5.74, 6) is 0.835. The average molecular weight is 418 g/mol.